The van der Waals surface area contributed by atoms with Gasteiger partial charge in [0.2, 0.25) is 0 Å². The molecule has 166 valence electrons. The van der Waals surface area contributed by atoms with Gasteiger partial charge in [0.15, 0.2) is 0 Å². The van der Waals surface area contributed by atoms with Gasteiger partial charge in [-0.15, -0.1) is 0 Å². The average Bonchev–Trinajstić information content (AvgIpc) is 2.73. The maximum Gasteiger partial charge on any atom is 0.101 e. The molecule has 3 atom stereocenters. The number of aromatic carboxylic acids is 1. The van der Waals surface area contributed by atoms with Crippen molar-refractivity contribution >= 4 is 5.97 Å². The summed E-state index contributed by atoms with van der Waals surface area (Å²) in [5, 5.41) is 13.4. The molecule has 0 unspecified atom stereocenters. The van der Waals surface area contributed by atoms with E-state index in [0.717, 1.165) is 13.1 Å². The second-order valence-electron chi connectivity index (χ2n) is 10.8. The fourth-order valence-corrected chi connectivity index (χ4v) is 6.59. The lowest BCUT2D eigenvalue weighted by Crippen LogP contribution is -2.86. The van der Waals surface area contributed by atoms with Gasteiger partial charge >= 0.3 is 0 Å². The predicted molar refractivity (Wildman–Crippen MR) is 123 cm³/mol. The summed E-state index contributed by atoms with van der Waals surface area (Å²) in [5.41, 5.74) is 6.69. The number of fused-ring (bicyclic) bond motifs is 3. The van der Waals surface area contributed by atoms with Crippen LogP contribution in [0.2, 0.25) is 0 Å². The summed E-state index contributed by atoms with van der Waals surface area (Å²) in [6.45, 7) is 11.6. The standard InChI is InChI=1S/C28H37NO2/c1-19(2)22-10-12-24-23(16-22)11-13-25-27(3,14-5-15-28(24,25)4)18-29-17-20-6-8-21(9-7-20)26(30)31/h6-10,12,16,19,25,29H,5,11,13-15,17-18H2,1-4H3,(H,30,31)/t25-,27+,28+/m1/s1. The van der Waals surface area contributed by atoms with Crippen molar-refractivity contribution in [2.45, 2.75) is 77.7 Å². The van der Waals surface area contributed by atoms with Crippen molar-refractivity contribution in [2.75, 3.05) is 6.54 Å². The van der Waals surface area contributed by atoms with Crippen LogP contribution < -0.4 is 10.4 Å². The van der Waals surface area contributed by atoms with Crippen LogP contribution >= 0.6 is 0 Å². The van der Waals surface area contributed by atoms with Crippen molar-refractivity contribution in [1.82, 2.24) is 0 Å². The number of carbonyl (C=O) groups excluding carboxylic acids is 1. The van der Waals surface area contributed by atoms with E-state index in [9.17, 15) is 9.90 Å². The van der Waals surface area contributed by atoms with Gasteiger partial charge in [-0.3, -0.25) is 0 Å². The first kappa shape index (κ1) is 22.1. The van der Waals surface area contributed by atoms with Crippen LogP contribution in [0, 0.1) is 11.3 Å². The molecule has 0 radical (unpaired) electrons. The molecule has 0 bridgehead atoms. The van der Waals surface area contributed by atoms with E-state index < -0.39 is 5.97 Å². The number of carboxylic acids is 1. The van der Waals surface area contributed by atoms with Gasteiger partial charge in [0.05, 0.1) is 12.5 Å². The van der Waals surface area contributed by atoms with E-state index >= 15 is 0 Å². The van der Waals surface area contributed by atoms with Gasteiger partial charge < -0.3 is 15.2 Å². The number of quaternary nitrogens is 1. The summed E-state index contributed by atoms with van der Waals surface area (Å²) < 4.78 is 0. The molecule has 1 fully saturated rings. The van der Waals surface area contributed by atoms with Gasteiger partial charge in [0.1, 0.15) is 6.54 Å². The van der Waals surface area contributed by atoms with Gasteiger partial charge in [-0.2, -0.15) is 0 Å². The van der Waals surface area contributed by atoms with E-state index in [1.807, 2.05) is 12.1 Å². The highest BCUT2D eigenvalue weighted by molar-refractivity contribution is 5.85. The summed E-state index contributed by atoms with van der Waals surface area (Å²) >= 11 is 0. The van der Waals surface area contributed by atoms with Crippen molar-refractivity contribution in [1.29, 1.82) is 0 Å². The van der Waals surface area contributed by atoms with Crippen LogP contribution in [0.15, 0.2) is 42.5 Å². The van der Waals surface area contributed by atoms with Crippen LogP contribution in [-0.2, 0) is 18.4 Å². The third-order valence-corrected chi connectivity index (χ3v) is 8.35. The van der Waals surface area contributed by atoms with Gasteiger partial charge in [-0.1, -0.05) is 76.6 Å². The maximum absolute atomic E-state index is 11.0. The second kappa shape index (κ2) is 8.43. The number of carboxylic acid groups (broad SMARTS) is 1. The molecule has 31 heavy (non-hydrogen) atoms. The van der Waals surface area contributed by atoms with Crippen molar-refractivity contribution < 1.29 is 15.2 Å². The molecule has 3 nitrogen and oxygen atoms in total. The molecule has 0 heterocycles. The Hall–Kier alpha value is -2.13. The minimum Gasteiger partial charge on any atom is -0.545 e. The average molecular weight is 420 g/mol. The molecule has 2 aromatic carbocycles. The number of aryl methyl sites for hydroxylation is 1. The van der Waals surface area contributed by atoms with Crippen LogP contribution in [-0.4, -0.2) is 12.5 Å². The van der Waals surface area contributed by atoms with Gasteiger partial charge in [0.25, 0.3) is 0 Å². The van der Waals surface area contributed by atoms with Gasteiger partial charge in [0, 0.05) is 11.0 Å². The van der Waals surface area contributed by atoms with Crippen LogP contribution in [0.1, 0.15) is 91.9 Å². The third-order valence-electron chi connectivity index (χ3n) is 8.35. The molecule has 4 rings (SSSR count). The number of hydrogen-bond donors (Lipinski definition) is 1. The second-order valence-corrected chi connectivity index (χ2v) is 10.8. The van der Waals surface area contributed by atoms with Gasteiger partial charge in [-0.25, -0.2) is 0 Å². The Morgan fingerprint density at radius 2 is 1.87 bits per heavy atom. The zero-order valence-corrected chi connectivity index (χ0v) is 19.5. The summed E-state index contributed by atoms with van der Waals surface area (Å²) in [7, 11) is 0. The van der Waals surface area contributed by atoms with E-state index in [2.05, 4.69) is 51.2 Å². The summed E-state index contributed by atoms with van der Waals surface area (Å²) in [4.78, 5) is 11.0. The lowest BCUT2D eigenvalue weighted by molar-refractivity contribution is -0.683. The molecule has 0 saturated heterocycles. The largest absolute Gasteiger partial charge is 0.545 e. The molecular weight excluding hydrogens is 382 g/mol. The first-order valence-electron chi connectivity index (χ1n) is 12.0. The predicted octanol–water partition coefficient (Wildman–Crippen LogP) is 3.95. The highest BCUT2D eigenvalue weighted by Gasteiger charge is 2.52. The van der Waals surface area contributed by atoms with Crippen LogP contribution in [0.25, 0.3) is 0 Å². The molecule has 0 amide bonds. The van der Waals surface area contributed by atoms with Crippen molar-refractivity contribution in [3.8, 4) is 0 Å². The Labute approximate surface area is 187 Å². The van der Waals surface area contributed by atoms with E-state index in [1.54, 1.807) is 23.3 Å². The Kier molecular flexibility index (Phi) is 6.00. The quantitative estimate of drug-likeness (QED) is 0.771. The minimum atomic E-state index is -1.11. The number of rotatable bonds is 6. The topological polar surface area (TPSA) is 56.7 Å². The summed E-state index contributed by atoms with van der Waals surface area (Å²) in [5.74, 6) is 0.188. The number of nitrogens with two attached hydrogens (primary N) is 1. The smallest absolute Gasteiger partial charge is 0.101 e. The molecule has 2 aliphatic rings. The molecule has 0 aliphatic heterocycles. The molecule has 2 aromatic rings. The fourth-order valence-electron chi connectivity index (χ4n) is 6.59. The Bertz CT molecular complexity index is 948. The number of benzene rings is 2. The minimum absolute atomic E-state index is 0.250. The van der Waals surface area contributed by atoms with E-state index in [4.69, 9.17) is 0 Å². The van der Waals surface area contributed by atoms with Gasteiger partial charge in [-0.05, 0) is 65.2 Å². The maximum atomic E-state index is 11.0. The highest BCUT2D eigenvalue weighted by atomic mass is 16.4. The highest BCUT2D eigenvalue weighted by Crippen LogP contribution is 2.56. The van der Waals surface area contributed by atoms with Crippen molar-refractivity contribution in [3.63, 3.8) is 0 Å². The normalized spacial score (nSPS) is 27.6. The first-order valence-corrected chi connectivity index (χ1v) is 12.0. The monoisotopic (exact) mass is 419 g/mol. The van der Waals surface area contributed by atoms with Crippen LogP contribution in [0.5, 0.6) is 0 Å². The van der Waals surface area contributed by atoms with E-state index in [-0.39, 0.29) is 11.0 Å². The molecule has 2 aliphatic carbocycles. The third kappa shape index (κ3) is 4.17. The Morgan fingerprint density at radius 3 is 2.55 bits per heavy atom. The number of carbonyl (C=O) groups is 1. The SMILES string of the molecule is CC(C)c1ccc2c(c1)CC[C@@H]1[C@](C)(C[NH2+]Cc3ccc(C(=O)[O-])cc3)CCC[C@@]21C. The van der Waals surface area contributed by atoms with Crippen LogP contribution in [0.4, 0.5) is 0 Å². The Balaban J connectivity index is 1.48. The fraction of sp³-hybridized carbons (Fsp3) is 0.536. The molecule has 1 saturated carbocycles. The summed E-state index contributed by atoms with van der Waals surface area (Å²) in [6, 6.07) is 14.4. The summed E-state index contributed by atoms with van der Waals surface area (Å²) in [6.07, 6.45) is 6.38. The molecule has 2 N–H and O–H groups in total. The van der Waals surface area contributed by atoms with Crippen LogP contribution in [0.3, 0.4) is 0 Å². The van der Waals surface area contributed by atoms with E-state index in [1.165, 1.54) is 43.2 Å². The zero-order valence-electron chi connectivity index (χ0n) is 19.5. The zero-order chi connectivity index (χ0) is 22.2. The van der Waals surface area contributed by atoms with Crippen molar-refractivity contribution in [2.24, 2.45) is 11.3 Å². The molecular formula is C28H37NO2. The Morgan fingerprint density at radius 1 is 1.13 bits per heavy atom. The molecule has 0 spiro atoms. The first-order chi connectivity index (χ1) is 14.7. The lowest BCUT2D eigenvalue weighted by Gasteiger charge is -2.54. The number of hydrogen-bond acceptors (Lipinski definition) is 2. The van der Waals surface area contributed by atoms with E-state index in [0.29, 0.717) is 17.3 Å². The molecule has 0 aromatic heterocycles. The lowest BCUT2D eigenvalue weighted by atomic mass is 9.49. The molecule has 3 heteroatoms. The van der Waals surface area contributed by atoms with Crippen molar-refractivity contribution in [3.05, 3.63) is 70.3 Å².